The SMILES string of the molecule is COc1cc(C=C2C(=O)ON=C2C(C)(C)C)ccc1O. The first kappa shape index (κ1) is 14.1. The molecule has 0 fully saturated rings. The van der Waals surface area contributed by atoms with Crippen LogP contribution in [-0.2, 0) is 9.63 Å². The molecule has 106 valence electrons. The molecule has 0 amide bonds. The summed E-state index contributed by atoms with van der Waals surface area (Å²) < 4.78 is 5.05. The first-order valence-corrected chi connectivity index (χ1v) is 6.22. The Bertz CT molecular complexity index is 609. The van der Waals surface area contributed by atoms with Crippen molar-refractivity contribution in [1.82, 2.24) is 0 Å². The van der Waals surface area contributed by atoms with Gasteiger partial charge in [0.2, 0.25) is 0 Å². The van der Waals surface area contributed by atoms with Gasteiger partial charge in [-0.25, -0.2) is 4.79 Å². The van der Waals surface area contributed by atoms with Crippen LogP contribution in [0.5, 0.6) is 11.5 Å². The second-order valence-electron chi connectivity index (χ2n) is 5.56. The van der Waals surface area contributed by atoms with E-state index >= 15 is 0 Å². The molecule has 0 atom stereocenters. The van der Waals surface area contributed by atoms with Crippen molar-refractivity contribution in [2.24, 2.45) is 10.6 Å². The summed E-state index contributed by atoms with van der Waals surface area (Å²) in [5.41, 5.74) is 1.46. The molecular formula is C15H17NO4. The van der Waals surface area contributed by atoms with Crippen molar-refractivity contribution in [3.05, 3.63) is 29.3 Å². The van der Waals surface area contributed by atoms with E-state index in [1.54, 1.807) is 18.2 Å². The standard InChI is InChI=1S/C15H17NO4/c1-15(2,3)13-10(14(18)20-16-13)7-9-5-6-11(17)12(8-9)19-4/h5-8,17H,1-4H3. The maximum Gasteiger partial charge on any atom is 0.367 e. The second kappa shape index (κ2) is 5.00. The van der Waals surface area contributed by atoms with Crippen LogP contribution in [0, 0.1) is 5.41 Å². The molecule has 5 nitrogen and oxygen atoms in total. The quantitative estimate of drug-likeness (QED) is 0.665. The number of oxime groups is 1. The smallest absolute Gasteiger partial charge is 0.367 e. The van der Waals surface area contributed by atoms with Crippen LogP contribution in [0.1, 0.15) is 26.3 Å². The van der Waals surface area contributed by atoms with E-state index in [1.165, 1.54) is 13.2 Å². The fraction of sp³-hybridized carbons (Fsp3) is 0.333. The van der Waals surface area contributed by atoms with Gasteiger partial charge in [0, 0.05) is 5.41 Å². The third kappa shape index (κ3) is 2.66. The Morgan fingerprint density at radius 3 is 2.65 bits per heavy atom. The molecule has 1 aromatic rings. The van der Waals surface area contributed by atoms with Gasteiger partial charge in [0.15, 0.2) is 11.5 Å². The minimum absolute atomic E-state index is 0.0494. The summed E-state index contributed by atoms with van der Waals surface area (Å²) in [5, 5.41) is 13.4. The van der Waals surface area contributed by atoms with Crippen molar-refractivity contribution < 1.29 is 19.5 Å². The summed E-state index contributed by atoms with van der Waals surface area (Å²) in [6.45, 7) is 5.87. The van der Waals surface area contributed by atoms with Gasteiger partial charge in [-0.05, 0) is 23.8 Å². The highest BCUT2D eigenvalue weighted by Gasteiger charge is 2.33. The molecule has 0 radical (unpaired) electrons. The number of phenolic OH excluding ortho intramolecular Hbond substituents is 1. The Balaban J connectivity index is 2.44. The van der Waals surface area contributed by atoms with E-state index in [0.29, 0.717) is 17.0 Å². The van der Waals surface area contributed by atoms with E-state index in [2.05, 4.69) is 5.16 Å². The lowest BCUT2D eigenvalue weighted by Crippen LogP contribution is -2.21. The Hall–Kier alpha value is -2.30. The van der Waals surface area contributed by atoms with Crippen LogP contribution in [0.4, 0.5) is 0 Å². The van der Waals surface area contributed by atoms with Gasteiger partial charge in [0.25, 0.3) is 0 Å². The van der Waals surface area contributed by atoms with Crippen LogP contribution in [0.2, 0.25) is 0 Å². The van der Waals surface area contributed by atoms with Crippen LogP contribution in [0.15, 0.2) is 28.9 Å². The molecule has 0 spiro atoms. The molecule has 5 heteroatoms. The van der Waals surface area contributed by atoms with Crippen LogP contribution in [0.25, 0.3) is 6.08 Å². The molecule has 0 saturated carbocycles. The Kier molecular flexibility index (Phi) is 3.53. The van der Waals surface area contributed by atoms with Gasteiger partial charge in [-0.3, -0.25) is 0 Å². The topological polar surface area (TPSA) is 68.1 Å². The predicted octanol–water partition coefficient (Wildman–Crippen LogP) is 2.74. The van der Waals surface area contributed by atoms with Gasteiger partial charge >= 0.3 is 5.97 Å². The average Bonchev–Trinajstić information content (AvgIpc) is 2.73. The van der Waals surface area contributed by atoms with Crippen LogP contribution >= 0.6 is 0 Å². The largest absolute Gasteiger partial charge is 0.504 e. The number of aromatic hydroxyl groups is 1. The summed E-state index contributed by atoms with van der Waals surface area (Å²) in [4.78, 5) is 16.5. The van der Waals surface area contributed by atoms with Crippen molar-refractivity contribution in [3.8, 4) is 11.5 Å². The number of hydrogen-bond donors (Lipinski definition) is 1. The third-order valence-electron chi connectivity index (χ3n) is 2.92. The van der Waals surface area contributed by atoms with E-state index in [9.17, 15) is 9.90 Å². The number of benzene rings is 1. The van der Waals surface area contributed by atoms with E-state index in [-0.39, 0.29) is 11.2 Å². The lowest BCUT2D eigenvalue weighted by Gasteiger charge is -2.16. The molecule has 0 bridgehead atoms. The molecule has 1 N–H and O–H groups in total. The maximum absolute atomic E-state index is 11.8. The highest BCUT2D eigenvalue weighted by molar-refractivity contribution is 6.26. The Morgan fingerprint density at radius 1 is 1.35 bits per heavy atom. The summed E-state index contributed by atoms with van der Waals surface area (Å²) in [7, 11) is 1.47. The zero-order valence-corrected chi connectivity index (χ0v) is 11.9. The van der Waals surface area contributed by atoms with Crippen molar-refractivity contribution in [3.63, 3.8) is 0 Å². The van der Waals surface area contributed by atoms with E-state index < -0.39 is 5.97 Å². The first-order valence-electron chi connectivity index (χ1n) is 6.22. The zero-order chi connectivity index (χ0) is 14.9. The van der Waals surface area contributed by atoms with Crippen molar-refractivity contribution in [2.75, 3.05) is 7.11 Å². The zero-order valence-electron chi connectivity index (χ0n) is 11.9. The minimum Gasteiger partial charge on any atom is -0.504 e. The molecule has 0 unspecified atom stereocenters. The van der Waals surface area contributed by atoms with Gasteiger partial charge in [-0.15, -0.1) is 0 Å². The third-order valence-corrected chi connectivity index (χ3v) is 2.92. The highest BCUT2D eigenvalue weighted by atomic mass is 16.7. The molecular weight excluding hydrogens is 258 g/mol. The summed E-state index contributed by atoms with van der Waals surface area (Å²) >= 11 is 0. The monoisotopic (exact) mass is 275 g/mol. The maximum atomic E-state index is 11.8. The van der Waals surface area contributed by atoms with Crippen LogP contribution in [-0.4, -0.2) is 23.9 Å². The van der Waals surface area contributed by atoms with E-state index in [4.69, 9.17) is 9.57 Å². The Morgan fingerprint density at radius 2 is 2.05 bits per heavy atom. The van der Waals surface area contributed by atoms with Crippen LogP contribution in [0.3, 0.4) is 0 Å². The lowest BCUT2D eigenvalue weighted by molar-refractivity contribution is -0.136. The van der Waals surface area contributed by atoms with Gasteiger partial charge < -0.3 is 14.7 Å². The number of methoxy groups -OCH3 is 1. The fourth-order valence-corrected chi connectivity index (χ4v) is 1.90. The summed E-state index contributed by atoms with van der Waals surface area (Å²) in [6, 6.07) is 4.85. The molecule has 1 aliphatic heterocycles. The summed E-state index contributed by atoms with van der Waals surface area (Å²) in [6.07, 6.45) is 1.68. The number of nitrogens with zero attached hydrogens (tertiary/aromatic N) is 1. The highest BCUT2D eigenvalue weighted by Crippen LogP contribution is 2.31. The first-order chi connectivity index (χ1) is 9.32. The molecule has 0 aromatic heterocycles. The molecule has 0 aliphatic carbocycles. The number of rotatable bonds is 2. The minimum atomic E-state index is -0.470. The summed E-state index contributed by atoms with van der Waals surface area (Å²) in [5.74, 6) is -0.0738. The normalized spacial score (nSPS) is 17.1. The molecule has 0 saturated heterocycles. The average molecular weight is 275 g/mol. The van der Waals surface area contributed by atoms with Gasteiger partial charge in [0.1, 0.15) is 5.71 Å². The molecule has 1 aromatic carbocycles. The van der Waals surface area contributed by atoms with Crippen molar-refractivity contribution in [2.45, 2.75) is 20.8 Å². The number of carbonyl (C=O) groups is 1. The predicted molar refractivity (Wildman–Crippen MR) is 75.6 cm³/mol. The molecule has 2 rings (SSSR count). The molecule has 1 heterocycles. The van der Waals surface area contributed by atoms with Crippen LogP contribution < -0.4 is 4.74 Å². The fourth-order valence-electron chi connectivity index (χ4n) is 1.90. The number of phenols is 1. The van der Waals surface area contributed by atoms with E-state index in [0.717, 1.165) is 5.56 Å². The number of carbonyl (C=O) groups excluding carboxylic acids is 1. The van der Waals surface area contributed by atoms with Gasteiger partial charge in [0.05, 0.1) is 12.7 Å². The number of ether oxygens (including phenoxy) is 1. The number of hydrogen-bond acceptors (Lipinski definition) is 5. The van der Waals surface area contributed by atoms with Crippen molar-refractivity contribution in [1.29, 1.82) is 0 Å². The lowest BCUT2D eigenvalue weighted by atomic mass is 9.85. The molecule has 1 aliphatic rings. The van der Waals surface area contributed by atoms with Gasteiger partial charge in [-0.2, -0.15) is 0 Å². The van der Waals surface area contributed by atoms with Crippen molar-refractivity contribution >= 4 is 17.8 Å². The Labute approximate surface area is 117 Å². The second-order valence-corrected chi connectivity index (χ2v) is 5.56. The van der Waals surface area contributed by atoms with Gasteiger partial charge in [-0.1, -0.05) is 32.0 Å². The van der Waals surface area contributed by atoms with E-state index in [1.807, 2.05) is 20.8 Å². The molecule has 20 heavy (non-hydrogen) atoms.